The van der Waals surface area contributed by atoms with Crippen molar-refractivity contribution < 1.29 is 19.4 Å². The number of ether oxygens (including phenoxy) is 1. The molecule has 3 aromatic carbocycles. The van der Waals surface area contributed by atoms with Crippen LogP contribution in [-0.2, 0) is 16.1 Å². The van der Waals surface area contributed by atoms with Gasteiger partial charge in [0.2, 0.25) is 0 Å². The minimum Gasteiger partial charge on any atom is -0.481 e. The molecule has 0 saturated heterocycles. The first-order chi connectivity index (χ1) is 16.4. The van der Waals surface area contributed by atoms with E-state index in [-0.39, 0.29) is 6.61 Å². The van der Waals surface area contributed by atoms with E-state index in [1.807, 2.05) is 85.8 Å². The maximum absolute atomic E-state index is 12.4. The Morgan fingerprint density at radius 3 is 2.15 bits per heavy atom. The number of aliphatic carboxylic acids is 1. The van der Waals surface area contributed by atoms with Crippen molar-refractivity contribution in [1.29, 1.82) is 0 Å². The molecule has 4 aromatic rings. The van der Waals surface area contributed by atoms with E-state index in [0.29, 0.717) is 5.69 Å². The van der Waals surface area contributed by atoms with Crippen molar-refractivity contribution in [3.8, 4) is 21.6 Å². The van der Waals surface area contributed by atoms with Crippen molar-refractivity contribution in [3.05, 3.63) is 95.7 Å². The SMILES string of the molecule is Cc1nsc(-c2ccc(-c3ccc(C(C)C(=O)O)cc3)cc2)c1NC(=O)OCc1ccccc1. The molecule has 0 bridgehead atoms. The van der Waals surface area contributed by atoms with E-state index < -0.39 is 18.0 Å². The van der Waals surface area contributed by atoms with E-state index in [1.54, 1.807) is 6.92 Å². The number of carbonyl (C=O) groups is 2. The number of benzene rings is 3. The zero-order valence-corrected chi connectivity index (χ0v) is 19.6. The normalized spacial score (nSPS) is 11.6. The summed E-state index contributed by atoms with van der Waals surface area (Å²) >= 11 is 1.32. The Morgan fingerprint density at radius 1 is 0.941 bits per heavy atom. The number of aryl methyl sites for hydroxylation is 1. The quantitative estimate of drug-likeness (QED) is 0.312. The van der Waals surface area contributed by atoms with Crippen LogP contribution in [-0.4, -0.2) is 21.5 Å². The van der Waals surface area contributed by atoms with Crippen molar-refractivity contribution >= 4 is 29.3 Å². The van der Waals surface area contributed by atoms with Crippen LogP contribution in [0.3, 0.4) is 0 Å². The molecule has 1 aromatic heterocycles. The molecule has 172 valence electrons. The topological polar surface area (TPSA) is 88.5 Å². The van der Waals surface area contributed by atoms with Gasteiger partial charge in [-0.3, -0.25) is 10.1 Å². The summed E-state index contributed by atoms with van der Waals surface area (Å²) in [4.78, 5) is 24.4. The van der Waals surface area contributed by atoms with Crippen LogP contribution in [0.15, 0.2) is 78.9 Å². The molecular weight excluding hydrogens is 448 g/mol. The first-order valence-electron chi connectivity index (χ1n) is 10.8. The zero-order valence-electron chi connectivity index (χ0n) is 18.8. The highest BCUT2D eigenvalue weighted by Crippen LogP contribution is 2.36. The second-order valence-electron chi connectivity index (χ2n) is 7.92. The fraction of sp³-hybridized carbons (Fsp3) is 0.148. The Balaban J connectivity index is 1.47. The summed E-state index contributed by atoms with van der Waals surface area (Å²) in [5.41, 5.74) is 5.99. The molecule has 1 unspecified atom stereocenters. The minimum atomic E-state index is -0.842. The smallest absolute Gasteiger partial charge is 0.412 e. The number of carbonyl (C=O) groups excluding carboxylic acids is 1. The van der Waals surface area contributed by atoms with Crippen molar-refractivity contribution in [2.45, 2.75) is 26.4 Å². The Kier molecular flexibility index (Phi) is 7.04. The second kappa shape index (κ2) is 10.3. The monoisotopic (exact) mass is 472 g/mol. The number of nitrogens with zero attached hydrogens (tertiary/aromatic N) is 1. The summed E-state index contributed by atoms with van der Waals surface area (Å²) < 4.78 is 9.76. The maximum Gasteiger partial charge on any atom is 0.412 e. The number of rotatable bonds is 7. The average molecular weight is 473 g/mol. The molecular formula is C27H24N2O4S. The van der Waals surface area contributed by atoms with Gasteiger partial charge in [0.05, 0.1) is 22.2 Å². The number of anilines is 1. The summed E-state index contributed by atoms with van der Waals surface area (Å²) in [6, 6.07) is 25.0. The number of amides is 1. The van der Waals surface area contributed by atoms with Gasteiger partial charge in [-0.25, -0.2) is 4.79 Å². The Hall–Kier alpha value is -3.97. The highest BCUT2D eigenvalue weighted by atomic mass is 32.1. The van der Waals surface area contributed by atoms with Gasteiger partial charge in [0.1, 0.15) is 6.61 Å². The van der Waals surface area contributed by atoms with Crippen molar-refractivity contribution in [2.24, 2.45) is 0 Å². The first-order valence-corrected chi connectivity index (χ1v) is 11.6. The van der Waals surface area contributed by atoms with Crippen LogP contribution in [0.25, 0.3) is 21.6 Å². The molecule has 2 N–H and O–H groups in total. The number of carboxylic acids is 1. The number of carboxylic acid groups (broad SMARTS) is 1. The number of hydrogen-bond acceptors (Lipinski definition) is 5. The van der Waals surface area contributed by atoms with Gasteiger partial charge in [0.15, 0.2) is 0 Å². The van der Waals surface area contributed by atoms with E-state index in [4.69, 9.17) is 4.74 Å². The van der Waals surface area contributed by atoms with Gasteiger partial charge < -0.3 is 9.84 Å². The highest BCUT2D eigenvalue weighted by molar-refractivity contribution is 7.10. The van der Waals surface area contributed by atoms with E-state index in [9.17, 15) is 14.7 Å². The third-order valence-electron chi connectivity index (χ3n) is 5.56. The van der Waals surface area contributed by atoms with Gasteiger partial charge in [-0.15, -0.1) is 0 Å². The fourth-order valence-corrected chi connectivity index (χ4v) is 4.35. The lowest BCUT2D eigenvalue weighted by Gasteiger charge is -2.10. The van der Waals surface area contributed by atoms with Crippen LogP contribution in [0, 0.1) is 6.92 Å². The minimum absolute atomic E-state index is 0.192. The van der Waals surface area contributed by atoms with E-state index >= 15 is 0 Å². The van der Waals surface area contributed by atoms with E-state index in [2.05, 4.69) is 9.69 Å². The summed E-state index contributed by atoms with van der Waals surface area (Å²) in [5, 5.41) is 12.0. The number of aromatic nitrogens is 1. The zero-order chi connectivity index (χ0) is 24.1. The number of nitrogens with one attached hydrogen (secondary N) is 1. The van der Waals surface area contributed by atoms with Crippen LogP contribution in [0.1, 0.15) is 29.7 Å². The second-order valence-corrected chi connectivity index (χ2v) is 8.69. The fourth-order valence-electron chi connectivity index (χ4n) is 3.50. The average Bonchev–Trinajstić information content (AvgIpc) is 3.23. The van der Waals surface area contributed by atoms with Crippen molar-refractivity contribution in [1.82, 2.24) is 4.37 Å². The molecule has 1 atom stereocenters. The van der Waals surface area contributed by atoms with Gasteiger partial charge in [0.25, 0.3) is 0 Å². The molecule has 0 spiro atoms. The molecule has 0 fully saturated rings. The number of hydrogen-bond donors (Lipinski definition) is 2. The Morgan fingerprint density at radius 2 is 1.53 bits per heavy atom. The molecule has 4 rings (SSSR count). The Labute approximate surface area is 202 Å². The lowest BCUT2D eigenvalue weighted by atomic mass is 9.97. The van der Waals surface area contributed by atoms with Crippen LogP contribution in [0.4, 0.5) is 10.5 Å². The summed E-state index contributed by atoms with van der Waals surface area (Å²) in [5.74, 6) is -1.39. The summed E-state index contributed by atoms with van der Waals surface area (Å²) in [7, 11) is 0. The van der Waals surface area contributed by atoms with E-state index in [1.165, 1.54) is 11.5 Å². The molecule has 1 heterocycles. The highest BCUT2D eigenvalue weighted by Gasteiger charge is 2.17. The lowest BCUT2D eigenvalue weighted by Crippen LogP contribution is -2.14. The predicted molar refractivity (Wildman–Crippen MR) is 134 cm³/mol. The summed E-state index contributed by atoms with van der Waals surface area (Å²) in [6.07, 6.45) is -0.527. The van der Waals surface area contributed by atoms with Gasteiger partial charge in [0, 0.05) is 0 Å². The van der Waals surface area contributed by atoms with E-state index in [0.717, 1.165) is 38.4 Å². The van der Waals surface area contributed by atoms with Gasteiger partial charge >= 0.3 is 12.1 Å². The van der Waals surface area contributed by atoms with Crippen LogP contribution < -0.4 is 5.32 Å². The van der Waals surface area contributed by atoms with Gasteiger partial charge in [-0.05, 0) is 53.2 Å². The van der Waals surface area contributed by atoms with Crippen molar-refractivity contribution in [2.75, 3.05) is 5.32 Å². The molecule has 0 aliphatic carbocycles. The molecule has 0 saturated carbocycles. The maximum atomic E-state index is 12.4. The Bertz CT molecular complexity index is 1280. The molecule has 1 amide bonds. The van der Waals surface area contributed by atoms with Crippen molar-refractivity contribution in [3.63, 3.8) is 0 Å². The third kappa shape index (κ3) is 5.32. The molecule has 34 heavy (non-hydrogen) atoms. The third-order valence-corrected chi connectivity index (χ3v) is 6.55. The standard InChI is InChI=1S/C27H24N2O4S/c1-17(26(30)31)20-8-10-21(11-9-20)22-12-14-23(15-13-22)25-24(18(2)29-34-25)28-27(32)33-16-19-6-4-3-5-7-19/h3-15,17H,16H2,1-2H3,(H,28,32)(H,30,31). The first kappa shape index (κ1) is 23.2. The van der Waals surface area contributed by atoms with Crippen LogP contribution in [0.2, 0.25) is 0 Å². The van der Waals surface area contributed by atoms with Gasteiger partial charge in [-0.2, -0.15) is 4.37 Å². The molecule has 0 radical (unpaired) electrons. The molecule has 6 nitrogen and oxygen atoms in total. The molecule has 0 aliphatic heterocycles. The lowest BCUT2D eigenvalue weighted by molar-refractivity contribution is -0.138. The summed E-state index contributed by atoms with van der Waals surface area (Å²) in [6.45, 7) is 3.71. The van der Waals surface area contributed by atoms with Crippen LogP contribution >= 0.6 is 11.5 Å². The van der Waals surface area contributed by atoms with Crippen LogP contribution in [0.5, 0.6) is 0 Å². The van der Waals surface area contributed by atoms with Gasteiger partial charge in [-0.1, -0.05) is 78.9 Å². The molecule has 7 heteroatoms. The predicted octanol–water partition coefficient (Wildman–Crippen LogP) is 6.72. The largest absolute Gasteiger partial charge is 0.481 e. The molecule has 0 aliphatic rings.